The molecule has 0 unspecified atom stereocenters. The molecular weight excluding hydrogens is 395 g/mol. The topological polar surface area (TPSA) is 66.8 Å². The second-order valence-electron chi connectivity index (χ2n) is 6.42. The predicted octanol–water partition coefficient (Wildman–Crippen LogP) is 3.25. The number of hydrogen-bond donors (Lipinski definition) is 1. The molecule has 0 spiro atoms. The summed E-state index contributed by atoms with van der Waals surface area (Å²) in [6.45, 7) is 0.647. The highest BCUT2D eigenvalue weighted by Gasteiger charge is 2.33. The van der Waals surface area contributed by atoms with Crippen LogP contribution in [0.2, 0.25) is 5.02 Å². The van der Waals surface area contributed by atoms with Crippen molar-refractivity contribution >= 4 is 17.3 Å². The Labute approximate surface area is 164 Å². The minimum absolute atomic E-state index is 0.00749. The van der Waals surface area contributed by atoms with Gasteiger partial charge in [0.2, 0.25) is 0 Å². The third kappa shape index (κ3) is 3.37. The lowest BCUT2D eigenvalue weighted by molar-refractivity contribution is -0.138. The first-order chi connectivity index (χ1) is 13.8. The van der Waals surface area contributed by atoms with Gasteiger partial charge in [0.1, 0.15) is 6.39 Å². The van der Waals surface area contributed by atoms with Gasteiger partial charge >= 0.3 is 6.18 Å². The number of rotatable bonds is 3. The van der Waals surface area contributed by atoms with Crippen LogP contribution in [0.25, 0.3) is 0 Å². The molecule has 6 nitrogen and oxygen atoms in total. The van der Waals surface area contributed by atoms with Gasteiger partial charge in [-0.15, -0.1) is 0 Å². The molecule has 0 aliphatic carbocycles. The molecule has 0 radical (unpaired) electrons. The molecule has 0 saturated heterocycles. The van der Waals surface area contributed by atoms with Gasteiger partial charge in [-0.05, 0) is 11.6 Å². The van der Waals surface area contributed by atoms with Crippen molar-refractivity contribution in [3.63, 3.8) is 0 Å². The summed E-state index contributed by atoms with van der Waals surface area (Å²) in [6, 6.07) is 5.33. The summed E-state index contributed by atoms with van der Waals surface area (Å²) in [5.74, 6) is 0. The zero-order chi connectivity index (χ0) is 20.8. The summed E-state index contributed by atoms with van der Waals surface area (Å²) in [7, 11) is 0. The number of hydrogen-bond acceptors (Lipinski definition) is 4. The predicted molar refractivity (Wildman–Crippen MR) is 97.4 cm³/mol. The van der Waals surface area contributed by atoms with Gasteiger partial charge in [0.15, 0.2) is 0 Å². The highest BCUT2D eigenvalue weighted by Crippen LogP contribution is 2.33. The molecule has 0 saturated carbocycles. The van der Waals surface area contributed by atoms with Gasteiger partial charge in [-0.2, -0.15) is 18.3 Å². The quantitative estimate of drug-likeness (QED) is 0.719. The fraction of sp³-hybridized carbons (Fsp3) is 0.278. The molecular formula is C18H15ClF3N5O. The second-order valence-corrected chi connectivity index (χ2v) is 6.79. The van der Waals surface area contributed by atoms with Crippen LogP contribution in [0, 0.1) is 0 Å². The number of halogens is 4. The van der Waals surface area contributed by atoms with E-state index in [1.54, 1.807) is 6.07 Å². The van der Waals surface area contributed by atoms with Crippen LogP contribution in [0.3, 0.4) is 0 Å². The Balaban J connectivity index is 1.66. The van der Waals surface area contributed by atoms with Crippen molar-refractivity contribution in [2.75, 3.05) is 11.4 Å². The molecule has 2 aromatic heterocycles. The average molecular weight is 411 g/mol. The largest absolute Gasteiger partial charge is 0.416 e. The van der Waals surface area contributed by atoms with E-state index >= 15 is 0 Å². The first-order valence-electron chi connectivity index (χ1n) is 8.94. The van der Waals surface area contributed by atoms with Crippen LogP contribution in [-0.2, 0) is 25.7 Å². The van der Waals surface area contributed by atoms with Crippen LogP contribution in [0.4, 0.5) is 18.9 Å². The normalized spacial score (nSPS) is 14.7. The molecule has 1 aliphatic heterocycles. The molecule has 4 rings (SSSR count). The van der Waals surface area contributed by atoms with Crippen LogP contribution >= 0.6 is 11.6 Å². The number of anilines is 1. The van der Waals surface area contributed by atoms with Gasteiger partial charge < -0.3 is 9.47 Å². The lowest BCUT2D eigenvalue weighted by Gasteiger charge is -2.29. The number of alkyl halides is 3. The Morgan fingerprint density at radius 1 is 1.32 bits per heavy atom. The first kappa shape index (κ1) is 17.3. The summed E-state index contributed by atoms with van der Waals surface area (Å²) >= 11 is 6.06. The maximum atomic E-state index is 13.3. The van der Waals surface area contributed by atoms with E-state index in [1.165, 1.54) is 22.9 Å². The van der Waals surface area contributed by atoms with Crippen LogP contribution < -0.4 is 10.5 Å². The summed E-state index contributed by atoms with van der Waals surface area (Å²) in [5.41, 5.74) is 0.577. The number of aromatic nitrogens is 4. The molecule has 1 aromatic carbocycles. The average Bonchev–Trinajstić information content (AvgIpc) is 2.98. The maximum absolute atomic E-state index is 13.3. The third-order valence-electron chi connectivity index (χ3n) is 4.69. The number of imidazole rings is 1. The highest BCUT2D eigenvalue weighted by atomic mass is 35.5. The molecule has 10 heteroatoms. The zero-order valence-corrected chi connectivity index (χ0v) is 15.2. The van der Waals surface area contributed by atoms with Crippen LogP contribution in [-0.4, -0.2) is 26.3 Å². The van der Waals surface area contributed by atoms with Crippen LogP contribution in [0.1, 0.15) is 23.9 Å². The first-order valence-corrected chi connectivity index (χ1v) is 8.81. The fourth-order valence-corrected chi connectivity index (χ4v) is 3.55. The Morgan fingerprint density at radius 3 is 2.89 bits per heavy atom. The molecule has 0 fully saturated rings. The lowest BCUT2D eigenvalue weighted by atomic mass is 10.1. The Bertz CT molecular complexity index is 1130. The lowest BCUT2D eigenvalue weighted by Crippen LogP contribution is -2.32. The molecule has 0 amide bonds. The monoisotopic (exact) mass is 410 g/mol. The smallest absolute Gasteiger partial charge is 0.362 e. The number of benzene rings is 1. The van der Waals surface area contributed by atoms with E-state index in [1.807, 2.05) is 4.90 Å². The van der Waals surface area contributed by atoms with Crippen molar-refractivity contribution in [1.82, 2.24) is 19.7 Å². The van der Waals surface area contributed by atoms with E-state index in [-0.39, 0.29) is 30.0 Å². The van der Waals surface area contributed by atoms with Crippen molar-refractivity contribution in [3.8, 4) is 0 Å². The van der Waals surface area contributed by atoms with Gasteiger partial charge in [0, 0.05) is 25.2 Å². The number of fused-ring (bicyclic) bond motifs is 1. The van der Waals surface area contributed by atoms with Crippen molar-refractivity contribution in [2.24, 2.45) is 0 Å². The molecule has 146 valence electrons. The third-order valence-corrected chi connectivity index (χ3v) is 5.06. The van der Waals surface area contributed by atoms with Crippen molar-refractivity contribution in [3.05, 3.63) is 74.7 Å². The number of aromatic amines is 1. The van der Waals surface area contributed by atoms with Crippen LogP contribution in [0.15, 0.2) is 41.6 Å². The zero-order valence-electron chi connectivity index (χ0n) is 15.4. The van der Waals surface area contributed by atoms with Gasteiger partial charge in [-0.1, -0.05) is 29.8 Å². The van der Waals surface area contributed by atoms with E-state index in [2.05, 4.69) is 15.2 Å². The van der Waals surface area contributed by atoms with Gasteiger partial charge in [0.25, 0.3) is 5.56 Å². The standard InChI is InChI=1S/C18H15ClF3N5O/c19-16-15(7-24-25-17(16)28)26-6-5-14-13(9-26)23-10-27(14)8-11-3-1-2-4-12(11)18(20,21)22/h1-4,7,10H,5-6,8-9H2,(H,25,28)/i10D. The highest BCUT2D eigenvalue weighted by molar-refractivity contribution is 6.32. The minimum Gasteiger partial charge on any atom is -0.362 e. The van der Waals surface area contributed by atoms with E-state index < -0.39 is 17.3 Å². The summed E-state index contributed by atoms with van der Waals surface area (Å²) < 4.78 is 49.5. The molecule has 3 aromatic rings. The van der Waals surface area contributed by atoms with E-state index in [0.29, 0.717) is 30.0 Å². The van der Waals surface area contributed by atoms with E-state index in [0.717, 1.165) is 6.07 Å². The minimum atomic E-state index is -4.47. The maximum Gasteiger partial charge on any atom is 0.416 e. The summed E-state index contributed by atoms with van der Waals surface area (Å²) in [5, 5.41) is 6.01. The van der Waals surface area contributed by atoms with E-state index in [4.69, 9.17) is 13.0 Å². The van der Waals surface area contributed by atoms with Gasteiger partial charge in [-0.25, -0.2) is 10.1 Å². The van der Waals surface area contributed by atoms with Crippen LogP contribution in [0.5, 0.6) is 0 Å². The second kappa shape index (κ2) is 6.97. The Kier molecular flexibility index (Phi) is 4.31. The molecule has 0 bridgehead atoms. The Morgan fingerprint density at radius 2 is 2.11 bits per heavy atom. The van der Waals surface area contributed by atoms with Gasteiger partial charge in [-0.3, -0.25) is 4.79 Å². The summed E-state index contributed by atoms with van der Waals surface area (Å²) in [6.07, 6.45) is -2.70. The Hall–Kier alpha value is -2.81. The number of nitrogens with one attached hydrogen (secondary N) is 1. The molecule has 0 atom stereocenters. The SMILES string of the molecule is [2H]c1nc2c(n1Cc1ccccc1C(F)(F)F)CCN(c1cn[nH]c(=O)c1Cl)C2. The van der Waals surface area contributed by atoms with Gasteiger partial charge in [0.05, 0.1) is 36.0 Å². The fourth-order valence-electron chi connectivity index (χ4n) is 3.34. The number of nitrogens with zero attached hydrogens (tertiary/aromatic N) is 4. The molecule has 1 aliphatic rings. The van der Waals surface area contributed by atoms with E-state index in [9.17, 15) is 18.0 Å². The molecule has 1 N–H and O–H groups in total. The molecule has 28 heavy (non-hydrogen) atoms. The summed E-state index contributed by atoms with van der Waals surface area (Å²) in [4.78, 5) is 17.7. The van der Waals surface area contributed by atoms with Crippen molar-refractivity contribution in [1.29, 1.82) is 0 Å². The molecule has 3 heterocycles. The van der Waals surface area contributed by atoms with Crippen molar-refractivity contribution < 1.29 is 14.5 Å². The van der Waals surface area contributed by atoms with Crippen molar-refractivity contribution in [2.45, 2.75) is 25.7 Å². The number of H-pyrrole nitrogens is 1.